The largest absolute Gasteiger partial charge is 0.318 e. The number of amides is 1. The number of hydrogen-bond donors (Lipinski definition) is 1. The van der Waals surface area contributed by atoms with Gasteiger partial charge in [-0.05, 0) is 43.9 Å². The lowest BCUT2D eigenvalue weighted by molar-refractivity contribution is 0.102. The summed E-state index contributed by atoms with van der Waals surface area (Å²) in [4.78, 5) is 17.7. The Kier molecular flexibility index (Phi) is 4.42. The van der Waals surface area contributed by atoms with E-state index in [1.54, 1.807) is 30.3 Å². The quantitative estimate of drug-likeness (QED) is 0.931. The molecule has 0 aliphatic heterocycles. The van der Waals surface area contributed by atoms with E-state index in [9.17, 15) is 9.18 Å². The summed E-state index contributed by atoms with van der Waals surface area (Å²) in [6, 6.07) is 9.78. The van der Waals surface area contributed by atoms with E-state index in [0.29, 0.717) is 6.54 Å². The SMILES string of the molecule is CN(C)Cc1ccc(NC(=O)c2ccccn2)c(F)c1. The lowest BCUT2D eigenvalue weighted by atomic mass is 10.2. The summed E-state index contributed by atoms with van der Waals surface area (Å²) in [5.41, 5.74) is 1.26. The highest BCUT2D eigenvalue weighted by Gasteiger charge is 2.10. The third-order valence-electron chi connectivity index (χ3n) is 2.68. The Balaban J connectivity index is 2.12. The average molecular weight is 273 g/mol. The monoisotopic (exact) mass is 273 g/mol. The summed E-state index contributed by atoms with van der Waals surface area (Å²) in [5.74, 6) is -0.876. The van der Waals surface area contributed by atoms with Gasteiger partial charge in [0.15, 0.2) is 0 Å². The number of hydrogen-bond acceptors (Lipinski definition) is 3. The van der Waals surface area contributed by atoms with Gasteiger partial charge in [-0.1, -0.05) is 12.1 Å². The van der Waals surface area contributed by atoms with Crippen LogP contribution in [0.4, 0.5) is 10.1 Å². The van der Waals surface area contributed by atoms with Crippen LogP contribution in [0.25, 0.3) is 0 Å². The molecule has 0 spiro atoms. The van der Waals surface area contributed by atoms with Crippen molar-refractivity contribution in [3.05, 3.63) is 59.7 Å². The van der Waals surface area contributed by atoms with Crippen LogP contribution in [0.15, 0.2) is 42.6 Å². The number of carbonyl (C=O) groups is 1. The molecule has 1 aromatic carbocycles. The van der Waals surface area contributed by atoms with Crippen LogP contribution in [0, 0.1) is 5.82 Å². The van der Waals surface area contributed by atoms with E-state index in [0.717, 1.165) is 5.56 Å². The van der Waals surface area contributed by atoms with Crippen LogP contribution < -0.4 is 5.32 Å². The number of carbonyl (C=O) groups excluding carboxylic acids is 1. The first kappa shape index (κ1) is 14.1. The van der Waals surface area contributed by atoms with E-state index < -0.39 is 11.7 Å². The molecule has 0 saturated heterocycles. The fourth-order valence-electron chi connectivity index (χ4n) is 1.81. The van der Waals surface area contributed by atoms with Crippen LogP contribution in [0.5, 0.6) is 0 Å². The van der Waals surface area contributed by atoms with Crippen molar-refractivity contribution in [2.75, 3.05) is 19.4 Å². The molecule has 0 radical (unpaired) electrons. The molecule has 0 bridgehead atoms. The van der Waals surface area contributed by atoms with Crippen molar-refractivity contribution in [3.8, 4) is 0 Å². The number of halogens is 1. The highest BCUT2D eigenvalue weighted by molar-refractivity contribution is 6.02. The zero-order valence-corrected chi connectivity index (χ0v) is 11.4. The Morgan fingerprint density at radius 2 is 2.10 bits per heavy atom. The average Bonchev–Trinajstić information content (AvgIpc) is 2.42. The van der Waals surface area contributed by atoms with Gasteiger partial charge in [-0.2, -0.15) is 0 Å². The van der Waals surface area contributed by atoms with Gasteiger partial charge in [-0.15, -0.1) is 0 Å². The number of nitrogens with one attached hydrogen (secondary N) is 1. The molecule has 20 heavy (non-hydrogen) atoms. The third kappa shape index (κ3) is 3.61. The van der Waals surface area contributed by atoms with E-state index >= 15 is 0 Å². The molecule has 0 unspecified atom stereocenters. The number of nitrogens with zero attached hydrogens (tertiary/aromatic N) is 2. The van der Waals surface area contributed by atoms with Crippen LogP contribution in [0.3, 0.4) is 0 Å². The second kappa shape index (κ2) is 6.25. The number of rotatable bonds is 4. The first-order chi connectivity index (χ1) is 9.56. The molecule has 4 nitrogen and oxygen atoms in total. The highest BCUT2D eigenvalue weighted by Crippen LogP contribution is 2.17. The van der Waals surface area contributed by atoms with Crippen molar-refractivity contribution < 1.29 is 9.18 Å². The Bertz CT molecular complexity index is 599. The van der Waals surface area contributed by atoms with Crippen LogP contribution in [0.1, 0.15) is 16.1 Å². The van der Waals surface area contributed by atoms with Crippen molar-refractivity contribution >= 4 is 11.6 Å². The number of aromatic nitrogens is 1. The fourth-order valence-corrected chi connectivity index (χ4v) is 1.81. The lowest BCUT2D eigenvalue weighted by Gasteiger charge is -2.11. The second-order valence-corrected chi connectivity index (χ2v) is 4.72. The van der Waals surface area contributed by atoms with Crippen molar-refractivity contribution in [1.29, 1.82) is 0 Å². The Morgan fingerprint density at radius 3 is 2.70 bits per heavy atom. The summed E-state index contributed by atoms with van der Waals surface area (Å²) in [5, 5.41) is 2.52. The molecular weight excluding hydrogens is 257 g/mol. The maximum Gasteiger partial charge on any atom is 0.274 e. The summed E-state index contributed by atoms with van der Waals surface area (Å²) in [6.45, 7) is 0.644. The molecule has 2 aromatic rings. The van der Waals surface area contributed by atoms with Gasteiger partial charge in [-0.3, -0.25) is 9.78 Å². The van der Waals surface area contributed by atoms with Gasteiger partial charge in [0, 0.05) is 12.7 Å². The van der Waals surface area contributed by atoms with E-state index in [4.69, 9.17) is 0 Å². The Morgan fingerprint density at radius 1 is 1.30 bits per heavy atom. The molecule has 0 aliphatic carbocycles. The van der Waals surface area contributed by atoms with Crippen LogP contribution >= 0.6 is 0 Å². The molecule has 1 amide bonds. The van der Waals surface area contributed by atoms with Gasteiger partial charge < -0.3 is 10.2 Å². The summed E-state index contributed by atoms with van der Waals surface area (Å²) >= 11 is 0. The van der Waals surface area contributed by atoms with Gasteiger partial charge in [0.25, 0.3) is 5.91 Å². The number of benzene rings is 1. The van der Waals surface area contributed by atoms with E-state index in [2.05, 4.69) is 10.3 Å². The van der Waals surface area contributed by atoms with Crippen molar-refractivity contribution in [1.82, 2.24) is 9.88 Å². The van der Waals surface area contributed by atoms with Gasteiger partial charge in [-0.25, -0.2) is 4.39 Å². The second-order valence-electron chi connectivity index (χ2n) is 4.72. The number of pyridine rings is 1. The van der Waals surface area contributed by atoms with E-state index in [1.165, 1.54) is 12.3 Å². The van der Waals surface area contributed by atoms with E-state index in [1.807, 2.05) is 19.0 Å². The van der Waals surface area contributed by atoms with Crippen molar-refractivity contribution in [2.24, 2.45) is 0 Å². The topological polar surface area (TPSA) is 45.2 Å². The minimum Gasteiger partial charge on any atom is -0.318 e. The normalized spacial score (nSPS) is 10.6. The molecule has 2 rings (SSSR count). The molecule has 0 aliphatic rings. The zero-order valence-electron chi connectivity index (χ0n) is 11.4. The highest BCUT2D eigenvalue weighted by atomic mass is 19.1. The summed E-state index contributed by atoms with van der Waals surface area (Å²) in [7, 11) is 3.82. The third-order valence-corrected chi connectivity index (χ3v) is 2.68. The Hall–Kier alpha value is -2.27. The molecule has 1 N–H and O–H groups in total. The van der Waals surface area contributed by atoms with Gasteiger partial charge in [0.2, 0.25) is 0 Å². The molecular formula is C15H16FN3O. The maximum atomic E-state index is 13.9. The molecule has 0 atom stereocenters. The molecule has 1 aromatic heterocycles. The summed E-state index contributed by atoms with van der Waals surface area (Å²) < 4.78 is 13.9. The first-order valence-electron chi connectivity index (χ1n) is 6.22. The smallest absolute Gasteiger partial charge is 0.274 e. The van der Waals surface area contributed by atoms with Crippen molar-refractivity contribution in [3.63, 3.8) is 0 Å². The maximum absolute atomic E-state index is 13.9. The standard InChI is InChI=1S/C15H16FN3O/c1-19(2)10-11-6-7-13(12(16)9-11)18-15(20)14-5-3-4-8-17-14/h3-9H,10H2,1-2H3,(H,18,20). The van der Waals surface area contributed by atoms with Crippen LogP contribution in [0.2, 0.25) is 0 Å². The zero-order chi connectivity index (χ0) is 14.5. The van der Waals surface area contributed by atoms with Crippen molar-refractivity contribution in [2.45, 2.75) is 6.54 Å². The summed E-state index contributed by atoms with van der Waals surface area (Å²) in [6.07, 6.45) is 1.52. The molecule has 5 heteroatoms. The Labute approximate surface area is 117 Å². The molecule has 0 saturated carbocycles. The predicted molar refractivity (Wildman–Crippen MR) is 76.0 cm³/mol. The predicted octanol–water partition coefficient (Wildman–Crippen LogP) is 2.53. The fraction of sp³-hybridized carbons (Fsp3) is 0.200. The molecule has 104 valence electrons. The van der Waals surface area contributed by atoms with Gasteiger partial charge in [0.05, 0.1) is 5.69 Å². The van der Waals surface area contributed by atoms with Gasteiger partial charge >= 0.3 is 0 Å². The molecule has 1 heterocycles. The number of anilines is 1. The van der Waals surface area contributed by atoms with E-state index in [-0.39, 0.29) is 11.4 Å². The minimum atomic E-state index is -0.450. The van der Waals surface area contributed by atoms with Gasteiger partial charge in [0.1, 0.15) is 11.5 Å². The van der Waals surface area contributed by atoms with Crippen LogP contribution in [-0.4, -0.2) is 29.9 Å². The molecule has 0 fully saturated rings. The van der Waals surface area contributed by atoms with Crippen LogP contribution in [-0.2, 0) is 6.54 Å². The first-order valence-corrected chi connectivity index (χ1v) is 6.22. The lowest BCUT2D eigenvalue weighted by Crippen LogP contribution is -2.15. The minimum absolute atomic E-state index is 0.156.